The van der Waals surface area contributed by atoms with Gasteiger partial charge in [0.15, 0.2) is 0 Å². The summed E-state index contributed by atoms with van der Waals surface area (Å²) in [5.74, 6) is 1.10. The molecule has 0 atom stereocenters. The van der Waals surface area contributed by atoms with Crippen LogP contribution in [0.25, 0.3) is 0 Å². The van der Waals surface area contributed by atoms with Crippen LogP contribution in [0.4, 0.5) is 15.8 Å². The van der Waals surface area contributed by atoms with Gasteiger partial charge < -0.3 is 15.5 Å². The molecule has 1 heterocycles. The van der Waals surface area contributed by atoms with E-state index in [1.54, 1.807) is 0 Å². The third kappa shape index (κ3) is 2.71. The molecule has 0 aliphatic carbocycles. The lowest BCUT2D eigenvalue weighted by molar-refractivity contribution is 0.490. The Kier molecular flexibility index (Phi) is 3.24. The van der Waals surface area contributed by atoms with E-state index in [9.17, 15) is 4.39 Å². The third-order valence-electron chi connectivity index (χ3n) is 2.34. The molecule has 1 aromatic heterocycles. The van der Waals surface area contributed by atoms with Crippen molar-refractivity contribution in [2.45, 2.75) is 13.5 Å². The standard InChI is InChI=1S/C12H12ClFN2O/c1-7-2-3-8(17-7)6-16-12-4-9(13)10(14)5-11(12)15/h2-5,16H,6,15H2,1H3. The lowest BCUT2D eigenvalue weighted by Gasteiger charge is -2.08. The van der Waals surface area contributed by atoms with E-state index in [0.717, 1.165) is 11.5 Å². The molecule has 0 fully saturated rings. The Balaban J connectivity index is 2.11. The van der Waals surface area contributed by atoms with Crippen molar-refractivity contribution in [3.05, 3.63) is 46.6 Å². The zero-order chi connectivity index (χ0) is 12.4. The predicted octanol–water partition coefficient (Wildman–Crippen LogP) is 3.57. The summed E-state index contributed by atoms with van der Waals surface area (Å²) in [6.45, 7) is 2.34. The van der Waals surface area contributed by atoms with Crippen LogP contribution in [0.2, 0.25) is 5.02 Å². The van der Waals surface area contributed by atoms with Gasteiger partial charge in [0, 0.05) is 6.07 Å². The summed E-state index contributed by atoms with van der Waals surface area (Å²) in [6.07, 6.45) is 0. The van der Waals surface area contributed by atoms with Crippen LogP contribution in [0.1, 0.15) is 11.5 Å². The molecule has 0 saturated heterocycles. The van der Waals surface area contributed by atoms with Crippen LogP contribution < -0.4 is 11.1 Å². The molecule has 0 aliphatic heterocycles. The Hall–Kier alpha value is -1.68. The van der Waals surface area contributed by atoms with Gasteiger partial charge in [-0.05, 0) is 25.1 Å². The van der Waals surface area contributed by atoms with E-state index < -0.39 is 5.82 Å². The summed E-state index contributed by atoms with van der Waals surface area (Å²) < 4.78 is 18.5. The third-order valence-corrected chi connectivity index (χ3v) is 2.63. The average molecular weight is 255 g/mol. The Morgan fingerprint density at radius 2 is 2.18 bits per heavy atom. The summed E-state index contributed by atoms with van der Waals surface area (Å²) in [7, 11) is 0. The molecule has 0 amide bonds. The van der Waals surface area contributed by atoms with Gasteiger partial charge in [-0.3, -0.25) is 0 Å². The van der Waals surface area contributed by atoms with Gasteiger partial charge in [0.25, 0.3) is 0 Å². The fourth-order valence-corrected chi connectivity index (χ4v) is 1.64. The van der Waals surface area contributed by atoms with E-state index in [4.69, 9.17) is 21.8 Å². The summed E-state index contributed by atoms with van der Waals surface area (Å²) in [6, 6.07) is 6.39. The second-order valence-corrected chi connectivity index (χ2v) is 4.13. The number of nitrogens with one attached hydrogen (secondary N) is 1. The number of hydrogen-bond acceptors (Lipinski definition) is 3. The summed E-state index contributed by atoms with van der Waals surface area (Å²) in [5, 5.41) is 3.08. The van der Waals surface area contributed by atoms with Crippen LogP contribution in [0.15, 0.2) is 28.7 Å². The topological polar surface area (TPSA) is 51.2 Å². The zero-order valence-corrected chi connectivity index (χ0v) is 10.0. The Labute approximate surface area is 103 Å². The van der Waals surface area contributed by atoms with Gasteiger partial charge in [-0.1, -0.05) is 11.6 Å². The number of benzene rings is 1. The maximum atomic E-state index is 13.1. The summed E-state index contributed by atoms with van der Waals surface area (Å²) in [4.78, 5) is 0. The van der Waals surface area contributed by atoms with Crippen molar-refractivity contribution >= 4 is 23.0 Å². The van der Waals surface area contributed by atoms with E-state index in [2.05, 4.69) is 5.32 Å². The molecule has 0 spiro atoms. The minimum atomic E-state index is -0.524. The monoisotopic (exact) mass is 254 g/mol. The fourth-order valence-electron chi connectivity index (χ4n) is 1.48. The maximum Gasteiger partial charge on any atom is 0.143 e. The highest BCUT2D eigenvalue weighted by molar-refractivity contribution is 6.31. The Morgan fingerprint density at radius 1 is 1.41 bits per heavy atom. The molecule has 17 heavy (non-hydrogen) atoms. The van der Waals surface area contributed by atoms with Crippen molar-refractivity contribution in [2.75, 3.05) is 11.1 Å². The number of rotatable bonds is 3. The molecule has 5 heteroatoms. The first-order valence-corrected chi connectivity index (χ1v) is 5.48. The number of furan rings is 1. The quantitative estimate of drug-likeness (QED) is 0.824. The van der Waals surface area contributed by atoms with Gasteiger partial charge in [-0.15, -0.1) is 0 Å². The number of halogens is 2. The van der Waals surface area contributed by atoms with Crippen LogP contribution in [-0.2, 0) is 6.54 Å². The first-order chi connectivity index (χ1) is 8.06. The van der Waals surface area contributed by atoms with Crippen molar-refractivity contribution in [2.24, 2.45) is 0 Å². The number of nitrogen functional groups attached to an aromatic ring is 1. The van der Waals surface area contributed by atoms with E-state index >= 15 is 0 Å². The number of anilines is 2. The molecule has 0 aliphatic rings. The fraction of sp³-hybridized carbons (Fsp3) is 0.167. The number of hydrogen-bond donors (Lipinski definition) is 2. The molecule has 0 saturated carbocycles. The lowest BCUT2D eigenvalue weighted by Crippen LogP contribution is -2.02. The lowest BCUT2D eigenvalue weighted by atomic mass is 10.2. The van der Waals surface area contributed by atoms with Crippen molar-refractivity contribution in [1.82, 2.24) is 0 Å². The zero-order valence-electron chi connectivity index (χ0n) is 9.26. The molecule has 0 bridgehead atoms. The minimum absolute atomic E-state index is 0.0392. The normalized spacial score (nSPS) is 10.5. The highest BCUT2D eigenvalue weighted by Gasteiger charge is 2.06. The second kappa shape index (κ2) is 4.67. The highest BCUT2D eigenvalue weighted by Crippen LogP contribution is 2.26. The number of aryl methyl sites for hydroxylation is 1. The largest absolute Gasteiger partial charge is 0.465 e. The summed E-state index contributed by atoms with van der Waals surface area (Å²) >= 11 is 5.68. The van der Waals surface area contributed by atoms with Crippen LogP contribution in [0, 0.1) is 12.7 Å². The van der Waals surface area contributed by atoms with Gasteiger partial charge in [-0.25, -0.2) is 4.39 Å². The predicted molar refractivity (Wildman–Crippen MR) is 66.6 cm³/mol. The molecular weight excluding hydrogens is 243 g/mol. The first kappa shape index (κ1) is 11.8. The molecule has 3 N–H and O–H groups in total. The van der Waals surface area contributed by atoms with E-state index in [1.165, 1.54) is 12.1 Å². The highest BCUT2D eigenvalue weighted by atomic mass is 35.5. The van der Waals surface area contributed by atoms with Gasteiger partial charge >= 0.3 is 0 Å². The van der Waals surface area contributed by atoms with Crippen LogP contribution in [-0.4, -0.2) is 0 Å². The molecule has 3 nitrogen and oxygen atoms in total. The average Bonchev–Trinajstić information content (AvgIpc) is 2.68. The molecule has 1 aromatic carbocycles. The van der Waals surface area contributed by atoms with E-state index in [-0.39, 0.29) is 5.02 Å². The van der Waals surface area contributed by atoms with Crippen molar-refractivity contribution in [3.63, 3.8) is 0 Å². The van der Waals surface area contributed by atoms with E-state index in [1.807, 2.05) is 19.1 Å². The molecule has 2 aromatic rings. The second-order valence-electron chi connectivity index (χ2n) is 3.72. The minimum Gasteiger partial charge on any atom is -0.465 e. The van der Waals surface area contributed by atoms with Gasteiger partial charge in [-0.2, -0.15) is 0 Å². The van der Waals surface area contributed by atoms with Gasteiger partial charge in [0.05, 0.1) is 22.9 Å². The Bertz CT molecular complexity index is 539. The Morgan fingerprint density at radius 3 is 2.82 bits per heavy atom. The van der Waals surface area contributed by atoms with Crippen LogP contribution >= 0.6 is 11.6 Å². The SMILES string of the molecule is Cc1ccc(CNc2cc(Cl)c(F)cc2N)o1. The van der Waals surface area contributed by atoms with Crippen LogP contribution in [0.3, 0.4) is 0 Å². The van der Waals surface area contributed by atoms with E-state index in [0.29, 0.717) is 17.9 Å². The van der Waals surface area contributed by atoms with Gasteiger partial charge in [0.1, 0.15) is 17.3 Å². The molecule has 0 radical (unpaired) electrons. The van der Waals surface area contributed by atoms with Crippen LogP contribution in [0.5, 0.6) is 0 Å². The van der Waals surface area contributed by atoms with Crippen molar-refractivity contribution in [1.29, 1.82) is 0 Å². The molecule has 90 valence electrons. The molecule has 0 unspecified atom stereocenters. The molecular formula is C12H12ClFN2O. The maximum absolute atomic E-state index is 13.1. The smallest absolute Gasteiger partial charge is 0.143 e. The summed E-state index contributed by atoms with van der Waals surface area (Å²) in [5.41, 5.74) is 6.57. The first-order valence-electron chi connectivity index (χ1n) is 5.10. The number of nitrogens with two attached hydrogens (primary N) is 1. The van der Waals surface area contributed by atoms with Crippen molar-refractivity contribution in [3.8, 4) is 0 Å². The van der Waals surface area contributed by atoms with Crippen molar-refractivity contribution < 1.29 is 8.81 Å². The molecule has 2 rings (SSSR count). The van der Waals surface area contributed by atoms with Gasteiger partial charge in [0.2, 0.25) is 0 Å².